The second-order valence-electron chi connectivity index (χ2n) is 6.24. The lowest BCUT2D eigenvalue weighted by atomic mass is 10.2. The van der Waals surface area contributed by atoms with E-state index in [1.54, 1.807) is 49.2 Å². The second-order valence-corrected chi connectivity index (χ2v) is 7.15. The largest absolute Gasteiger partial charge is 0.493 e. The van der Waals surface area contributed by atoms with Crippen LogP contribution in [0.25, 0.3) is 11.4 Å². The number of hydrazine groups is 1. The number of ether oxygens (including phenoxy) is 2. The number of nitrogens with one attached hydrogen (secondary N) is 2. The van der Waals surface area contributed by atoms with Crippen LogP contribution in [0.4, 0.5) is 0 Å². The molecule has 0 aliphatic rings. The smallest absolute Gasteiger partial charge is 0.286 e. The van der Waals surface area contributed by atoms with E-state index in [0.29, 0.717) is 34.5 Å². The molecule has 0 saturated carbocycles. The number of aromatic nitrogens is 3. The van der Waals surface area contributed by atoms with Crippen LogP contribution in [0.15, 0.2) is 39.5 Å². The van der Waals surface area contributed by atoms with Crippen molar-refractivity contribution in [2.75, 3.05) is 14.2 Å². The van der Waals surface area contributed by atoms with Gasteiger partial charge in [-0.1, -0.05) is 5.16 Å². The molecule has 11 heteroatoms. The van der Waals surface area contributed by atoms with Crippen LogP contribution in [0.2, 0.25) is 0 Å². The molecule has 0 fully saturated rings. The van der Waals surface area contributed by atoms with Gasteiger partial charge < -0.3 is 18.6 Å². The normalized spacial score (nSPS) is 10.5. The maximum absolute atomic E-state index is 12.1. The SMILES string of the molecule is COc1ccc(-c2noc(CCC(=O)NNC(=O)c3cc(Br)cn3C)n2)cc1OC. The van der Waals surface area contributed by atoms with Gasteiger partial charge in [-0.2, -0.15) is 4.98 Å². The zero-order valence-corrected chi connectivity index (χ0v) is 18.1. The fourth-order valence-corrected chi connectivity index (χ4v) is 3.20. The highest BCUT2D eigenvalue weighted by Gasteiger charge is 2.15. The summed E-state index contributed by atoms with van der Waals surface area (Å²) < 4.78 is 18.1. The molecule has 158 valence electrons. The van der Waals surface area contributed by atoms with Crippen molar-refractivity contribution in [1.29, 1.82) is 0 Å². The van der Waals surface area contributed by atoms with E-state index in [0.717, 1.165) is 4.47 Å². The summed E-state index contributed by atoms with van der Waals surface area (Å²) in [5.74, 6) is 0.988. The van der Waals surface area contributed by atoms with Gasteiger partial charge in [-0.15, -0.1) is 0 Å². The van der Waals surface area contributed by atoms with E-state index in [9.17, 15) is 9.59 Å². The quantitative estimate of drug-likeness (QED) is 0.500. The van der Waals surface area contributed by atoms with Gasteiger partial charge in [0.2, 0.25) is 17.6 Å². The molecule has 3 aromatic rings. The monoisotopic (exact) mass is 477 g/mol. The number of amides is 2. The summed E-state index contributed by atoms with van der Waals surface area (Å²) in [4.78, 5) is 28.4. The van der Waals surface area contributed by atoms with Gasteiger partial charge in [0.05, 0.1) is 14.2 Å². The highest BCUT2D eigenvalue weighted by atomic mass is 79.9. The standard InChI is InChI=1S/C19H20BrN5O5/c1-25-10-12(20)9-13(25)19(27)23-22-16(26)6-7-17-21-18(24-30-17)11-4-5-14(28-2)15(8-11)29-3/h4-5,8-10H,6-7H2,1-3H3,(H,22,26)(H,23,27). The fourth-order valence-electron chi connectivity index (χ4n) is 2.67. The molecule has 2 aromatic heterocycles. The van der Waals surface area contributed by atoms with Crippen molar-refractivity contribution in [2.24, 2.45) is 7.05 Å². The van der Waals surface area contributed by atoms with E-state index >= 15 is 0 Å². The summed E-state index contributed by atoms with van der Waals surface area (Å²) in [6.45, 7) is 0. The number of rotatable bonds is 7. The molecule has 0 saturated heterocycles. The Labute approximate surface area is 180 Å². The summed E-state index contributed by atoms with van der Waals surface area (Å²) in [6, 6.07) is 6.90. The Morgan fingerprint density at radius 3 is 2.60 bits per heavy atom. The van der Waals surface area contributed by atoms with Gasteiger partial charge in [0.1, 0.15) is 5.69 Å². The molecule has 10 nitrogen and oxygen atoms in total. The Bertz CT molecular complexity index is 1060. The van der Waals surface area contributed by atoms with Crippen LogP contribution in [-0.4, -0.2) is 40.7 Å². The Morgan fingerprint density at radius 2 is 1.93 bits per heavy atom. The van der Waals surface area contributed by atoms with Crippen LogP contribution in [-0.2, 0) is 18.3 Å². The molecule has 2 heterocycles. The second kappa shape index (κ2) is 9.44. The van der Waals surface area contributed by atoms with Crippen LogP contribution in [0.3, 0.4) is 0 Å². The van der Waals surface area contributed by atoms with Crippen LogP contribution in [0, 0.1) is 0 Å². The number of nitrogens with zero attached hydrogens (tertiary/aromatic N) is 3. The molecular weight excluding hydrogens is 458 g/mol. The Balaban J connectivity index is 1.53. The molecule has 0 aliphatic carbocycles. The minimum Gasteiger partial charge on any atom is -0.493 e. The van der Waals surface area contributed by atoms with Gasteiger partial charge in [0, 0.05) is 36.1 Å². The van der Waals surface area contributed by atoms with Gasteiger partial charge in [-0.05, 0) is 40.2 Å². The van der Waals surface area contributed by atoms with Crippen molar-refractivity contribution >= 4 is 27.7 Å². The minimum atomic E-state index is -0.426. The molecule has 0 aliphatic heterocycles. The summed E-state index contributed by atoms with van der Waals surface area (Å²) in [5.41, 5.74) is 5.83. The first kappa shape index (κ1) is 21.4. The van der Waals surface area contributed by atoms with Crippen molar-refractivity contribution in [2.45, 2.75) is 12.8 Å². The number of carbonyl (C=O) groups excluding carboxylic acids is 2. The van der Waals surface area contributed by atoms with Crippen LogP contribution in [0.1, 0.15) is 22.8 Å². The lowest BCUT2D eigenvalue weighted by molar-refractivity contribution is -0.121. The summed E-state index contributed by atoms with van der Waals surface area (Å²) in [7, 11) is 4.82. The molecule has 30 heavy (non-hydrogen) atoms. The molecule has 2 N–H and O–H groups in total. The zero-order chi connectivity index (χ0) is 21.7. The first-order valence-electron chi connectivity index (χ1n) is 8.87. The van der Waals surface area contributed by atoms with Crippen LogP contribution >= 0.6 is 15.9 Å². The molecule has 3 rings (SSSR count). The molecule has 0 spiro atoms. The van der Waals surface area contributed by atoms with Crippen molar-refractivity contribution in [1.82, 2.24) is 25.6 Å². The molecular formula is C19H20BrN5O5. The fraction of sp³-hybridized carbons (Fsp3) is 0.263. The van der Waals surface area contributed by atoms with Crippen molar-refractivity contribution < 1.29 is 23.6 Å². The molecule has 2 amide bonds. The number of halogens is 1. The van der Waals surface area contributed by atoms with E-state index in [2.05, 4.69) is 36.9 Å². The van der Waals surface area contributed by atoms with E-state index < -0.39 is 5.91 Å². The highest BCUT2D eigenvalue weighted by Crippen LogP contribution is 2.31. The molecule has 0 radical (unpaired) electrons. The third-order valence-electron chi connectivity index (χ3n) is 4.20. The topological polar surface area (TPSA) is 121 Å². The minimum absolute atomic E-state index is 0.0602. The molecule has 0 atom stereocenters. The molecule has 1 aromatic carbocycles. The summed E-state index contributed by atoms with van der Waals surface area (Å²) in [6.07, 6.45) is 2.02. The Hall–Kier alpha value is -3.34. The van der Waals surface area contributed by atoms with Gasteiger partial charge in [-0.3, -0.25) is 20.4 Å². The number of aryl methyl sites for hydroxylation is 2. The average molecular weight is 478 g/mol. The van der Waals surface area contributed by atoms with E-state index in [1.165, 1.54) is 7.11 Å². The van der Waals surface area contributed by atoms with Gasteiger partial charge >= 0.3 is 0 Å². The number of hydrogen-bond donors (Lipinski definition) is 2. The molecule has 0 bridgehead atoms. The summed E-state index contributed by atoms with van der Waals surface area (Å²) >= 11 is 3.29. The lowest BCUT2D eigenvalue weighted by Crippen LogP contribution is -2.42. The van der Waals surface area contributed by atoms with E-state index in [1.807, 2.05) is 0 Å². The maximum Gasteiger partial charge on any atom is 0.286 e. The lowest BCUT2D eigenvalue weighted by Gasteiger charge is -2.07. The van der Waals surface area contributed by atoms with Gasteiger partial charge in [0.15, 0.2) is 11.5 Å². The first-order valence-corrected chi connectivity index (χ1v) is 9.66. The number of methoxy groups -OCH3 is 2. The van der Waals surface area contributed by atoms with Gasteiger partial charge in [-0.25, -0.2) is 0 Å². The third kappa shape index (κ3) is 4.98. The van der Waals surface area contributed by atoms with E-state index in [4.69, 9.17) is 14.0 Å². The molecule has 0 unspecified atom stereocenters. The predicted molar refractivity (Wildman–Crippen MR) is 110 cm³/mol. The maximum atomic E-state index is 12.1. The van der Waals surface area contributed by atoms with Gasteiger partial charge in [0.25, 0.3) is 5.91 Å². The van der Waals surface area contributed by atoms with Crippen LogP contribution < -0.4 is 20.3 Å². The van der Waals surface area contributed by atoms with E-state index in [-0.39, 0.29) is 18.7 Å². The van der Waals surface area contributed by atoms with Crippen molar-refractivity contribution in [3.8, 4) is 22.9 Å². The third-order valence-corrected chi connectivity index (χ3v) is 4.63. The Morgan fingerprint density at radius 1 is 1.17 bits per heavy atom. The highest BCUT2D eigenvalue weighted by molar-refractivity contribution is 9.10. The zero-order valence-electron chi connectivity index (χ0n) is 16.6. The predicted octanol–water partition coefficient (Wildman–Crippen LogP) is 2.25. The Kier molecular flexibility index (Phi) is 6.72. The number of hydrogen-bond acceptors (Lipinski definition) is 7. The van der Waals surface area contributed by atoms with Crippen LogP contribution in [0.5, 0.6) is 11.5 Å². The number of benzene rings is 1. The number of carbonyl (C=O) groups is 2. The van der Waals surface area contributed by atoms with Crippen molar-refractivity contribution in [3.05, 3.63) is 46.5 Å². The van der Waals surface area contributed by atoms with Crippen molar-refractivity contribution in [3.63, 3.8) is 0 Å². The first-order chi connectivity index (χ1) is 14.4. The average Bonchev–Trinajstić information content (AvgIpc) is 3.35. The summed E-state index contributed by atoms with van der Waals surface area (Å²) in [5, 5.41) is 3.93.